The van der Waals surface area contributed by atoms with Gasteiger partial charge in [-0.2, -0.15) is 0 Å². The van der Waals surface area contributed by atoms with E-state index in [0.29, 0.717) is 42.4 Å². The number of rotatable bonds is 15. The molecule has 3 unspecified atom stereocenters. The van der Waals surface area contributed by atoms with Crippen molar-refractivity contribution >= 4 is 51.0 Å². The molecule has 3 aliphatic rings. The average Bonchev–Trinajstić information content (AvgIpc) is 3.43. The second-order valence-corrected chi connectivity index (χ2v) is 14.4. The summed E-state index contributed by atoms with van der Waals surface area (Å²) >= 11 is 3.45. The summed E-state index contributed by atoms with van der Waals surface area (Å²) in [6.45, 7) is 3.43. The van der Waals surface area contributed by atoms with Crippen molar-refractivity contribution in [3.8, 4) is 11.5 Å². The largest absolute Gasteiger partial charge is 0.491 e. The number of carbonyl (C=O) groups excluding carboxylic acids is 4. The van der Waals surface area contributed by atoms with Crippen molar-refractivity contribution in [1.29, 1.82) is 0 Å². The Morgan fingerprint density at radius 2 is 1.64 bits per heavy atom. The van der Waals surface area contributed by atoms with E-state index in [-0.39, 0.29) is 60.5 Å². The quantitative estimate of drug-likeness (QED) is 0.133. The second-order valence-electron chi connectivity index (χ2n) is 13.6. The monoisotopic (exact) mass is 816 g/mol. The molecule has 2 fully saturated rings. The van der Waals surface area contributed by atoms with Gasteiger partial charge in [-0.25, -0.2) is 4.98 Å². The SMILES string of the molecule is CN1CC(Nc2nc3ccccn3c(=O)c2Br)CC(c2cccc(OCCOCCOCCOc3cccc4c3C(=O)N(C3CCC(=O)NC3=O)C4=O)c2)C1. The van der Waals surface area contributed by atoms with E-state index >= 15 is 0 Å². The van der Waals surface area contributed by atoms with Gasteiger partial charge in [-0.15, -0.1) is 0 Å². The Hall–Kier alpha value is -5.16. The minimum Gasteiger partial charge on any atom is -0.491 e. The third kappa shape index (κ3) is 8.57. The van der Waals surface area contributed by atoms with Crippen LogP contribution < -0.4 is 25.7 Å². The number of nitrogens with one attached hydrogen (secondary N) is 2. The molecule has 0 bridgehead atoms. The van der Waals surface area contributed by atoms with Crippen molar-refractivity contribution < 1.29 is 38.1 Å². The fourth-order valence-electron chi connectivity index (χ4n) is 7.24. The molecule has 5 heterocycles. The number of hydrogen-bond donors (Lipinski definition) is 2. The summed E-state index contributed by atoms with van der Waals surface area (Å²) in [6, 6.07) is 17.3. The third-order valence-corrected chi connectivity index (χ3v) is 10.5. The molecule has 0 saturated carbocycles. The van der Waals surface area contributed by atoms with Crippen molar-refractivity contribution in [3.63, 3.8) is 0 Å². The number of piperidine rings is 2. The number of pyridine rings is 1. The van der Waals surface area contributed by atoms with Gasteiger partial charge in [0, 0.05) is 31.7 Å². The normalized spacial score (nSPS) is 20.1. The lowest BCUT2D eigenvalue weighted by Gasteiger charge is -2.36. The number of ether oxygens (including phenoxy) is 4. The first-order chi connectivity index (χ1) is 26.7. The van der Waals surface area contributed by atoms with E-state index in [9.17, 15) is 24.0 Å². The van der Waals surface area contributed by atoms with Gasteiger partial charge in [-0.05, 0) is 83.7 Å². The molecule has 2 saturated heterocycles. The van der Waals surface area contributed by atoms with Gasteiger partial charge in [-0.1, -0.05) is 24.3 Å². The molecule has 4 aromatic rings. The van der Waals surface area contributed by atoms with Crippen molar-refractivity contribution in [1.82, 2.24) is 24.5 Å². The van der Waals surface area contributed by atoms with E-state index in [1.807, 2.05) is 24.3 Å². The van der Waals surface area contributed by atoms with Crippen LogP contribution in [0, 0.1) is 0 Å². The summed E-state index contributed by atoms with van der Waals surface area (Å²) in [5.74, 6) is -0.540. The highest BCUT2D eigenvalue weighted by molar-refractivity contribution is 9.10. The molecular weight excluding hydrogens is 776 g/mol. The lowest BCUT2D eigenvalue weighted by molar-refractivity contribution is -0.136. The Morgan fingerprint density at radius 1 is 0.873 bits per heavy atom. The Morgan fingerprint density at radius 3 is 2.44 bits per heavy atom. The molecule has 0 radical (unpaired) electrons. The minimum absolute atomic E-state index is 0.0468. The first-order valence-corrected chi connectivity index (χ1v) is 18.9. The van der Waals surface area contributed by atoms with Crippen LogP contribution in [0.25, 0.3) is 5.65 Å². The van der Waals surface area contributed by atoms with Crippen molar-refractivity contribution in [2.45, 2.75) is 37.3 Å². The van der Waals surface area contributed by atoms with E-state index in [4.69, 9.17) is 18.9 Å². The Balaban J connectivity index is 0.815. The maximum Gasteiger partial charge on any atom is 0.274 e. The van der Waals surface area contributed by atoms with Gasteiger partial charge in [0.1, 0.15) is 46.7 Å². The highest BCUT2D eigenvalue weighted by Gasteiger charge is 2.46. The van der Waals surface area contributed by atoms with E-state index < -0.39 is 29.7 Å². The Bertz CT molecular complexity index is 2160. The minimum atomic E-state index is -1.05. The molecule has 3 aliphatic heterocycles. The lowest BCUT2D eigenvalue weighted by atomic mass is 9.88. The van der Waals surface area contributed by atoms with Crippen LogP contribution >= 0.6 is 15.9 Å². The summed E-state index contributed by atoms with van der Waals surface area (Å²) < 4.78 is 25.0. The standard InChI is InChI=1S/C39H41BrN6O9/c1-44-22-25(20-26(23-44)41-35-34(40)39(51)45-13-3-2-10-31(45)42-35)24-6-4-7-27(21-24)54-18-16-52-14-15-53-17-19-55-30-9-5-8-28-33(30)38(50)46(37(28)49)29-11-12-32(47)43-36(29)48/h2-10,13,21,25-26,29,41H,11-12,14-20,22-23H2,1H3,(H,43,47,48). The Labute approximate surface area is 325 Å². The number of aromatic nitrogens is 2. The first-order valence-electron chi connectivity index (χ1n) is 18.2. The molecule has 2 aromatic heterocycles. The van der Waals surface area contributed by atoms with Crippen LogP contribution in [0.15, 0.2) is 76.1 Å². The summed E-state index contributed by atoms with van der Waals surface area (Å²) in [6.07, 6.45) is 2.69. The van der Waals surface area contributed by atoms with Crippen LogP contribution in [-0.4, -0.2) is 115 Å². The number of anilines is 1. The van der Waals surface area contributed by atoms with Gasteiger partial charge in [0.15, 0.2) is 0 Å². The topological polar surface area (TPSA) is 170 Å². The smallest absolute Gasteiger partial charge is 0.274 e. The van der Waals surface area contributed by atoms with E-state index in [0.717, 1.165) is 30.2 Å². The summed E-state index contributed by atoms with van der Waals surface area (Å²) in [4.78, 5) is 70.9. The Kier molecular flexibility index (Phi) is 11.9. The number of amides is 4. The summed E-state index contributed by atoms with van der Waals surface area (Å²) in [5, 5.41) is 5.70. The highest BCUT2D eigenvalue weighted by Crippen LogP contribution is 2.34. The highest BCUT2D eigenvalue weighted by atomic mass is 79.9. The van der Waals surface area contributed by atoms with Gasteiger partial charge < -0.3 is 29.2 Å². The molecule has 2 aromatic carbocycles. The van der Waals surface area contributed by atoms with Gasteiger partial charge in [0.25, 0.3) is 17.4 Å². The summed E-state index contributed by atoms with van der Waals surface area (Å²) in [7, 11) is 2.09. The van der Waals surface area contributed by atoms with Crippen LogP contribution in [-0.2, 0) is 19.1 Å². The molecule has 0 aliphatic carbocycles. The molecule has 16 heteroatoms. The summed E-state index contributed by atoms with van der Waals surface area (Å²) in [5.41, 5.74) is 1.85. The number of halogens is 1. The van der Waals surface area contributed by atoms with Crippen LogP contribution in [0.5, 0.6) is 11.5 Å². The fourth-order valence-corrected chi connectivity index (χ4v) is 7.63. The molecule has 15 nitrogen and oxygen atoms in total. The van der Waals surface area contributed by atoms with Crippen molar-refractivity contribution in [3.05, 3.63) is 98.4 Å². The van der Waals surface area contributed by atoms with Gasteiger partial charge >= 0.3 is 0 Å². The van der Waals surface area contributed by atoms with Crippen molar-refractivity contribution in [2.24, 2.45) is 0 Å². The average molecular weight is 818 g/mol. The predicted molar refractivity (Wildman–Crippen MR) is 204 cm³/mol. The van der Waals surface area contributed by atoms with E-state index in [1.165, 1.54) is 16.0 Å². The number of hydrogen-bond acceptors (Lipinski definition) is 12. The third-order valence-electron chi connectivity index (χ3n) is 9.77. The van der Waals surface area contributed by atoms with Crippen LogP contribution in [0.4, 0.5) is 5.82 Å². The van der Waals surface area contributed by atoms with Crippen LogP contribution in [0.2, 0.25) is 0 Å². The van der Waals surface area contributed by atoms with Gasteiger partial charge in [0.2, 0.25) is 11.8 Å². The number of likely N-dealkylation sites (tertiary alicyclic amines) is 1. The number of nitrogens with zero attached hydrogens (tertiary/aromatic N) is 4. The molecule has 3 atom stereocenters. The van der Waals surface area contributed by atoms with E-state index in [2.05, 4.69) is 55.6 Å². The molecule has 7 rings (SSSR count). The van der Waals surface area contributed by atoms with Crippen LogP contribution in [0.1, 0.15) is 51.5 Å². The van der Waals surface area contributed by atoms with E-state index in [1.54, 1.807) is 24.4 Å². The van der Waals surface area contributed by atoms with Gasteiger partial charge in [0.05, 0.1) is 37.6 Å². The molecule has 55 heavy (non-hydrogen) atoms. The second kappa shape index (κ2) is 17.1. The predicted octanol–water partition coefficient (Wildman–Crippen LogP) is 3.25. The molecule has 4 amide bonds. The lowest BCUT2D eigenvalue weighted by Crippen LogP contribution is -2.54. The van der Waals surface area contributed by atoms with Crippen molar-refractivity contribution in [2.75, 3.05) is 65.1 Å². The maximum absolute atomic E-state index is 13.2. The molecule has 0 spiro atoms. The maximum atomic E-state index is 13.2. The number of likely N-dealkylation sites (N-methyl/N-ethyl adjacent to an activating group) is 1. The zero-order valence-electron chi connectivity index (χ0n) is 30.2. The van der Waals surface area contributed by atoms with Crippen LogP contribution in [0.3, 0.4) is 0 Å². The number of carbonyl (C=O) groups is 4. The van der Waals surface area contributed by atoms with Gasteiger partial charge in [-0.3, -0.25) is 38.6 Å². The molecular formula is C39H41BrN6O9. The zero-order valence-corrected chi connectivity index (χ0v) is 31.8. The molecule has 288 valence electrons. The fraction of sp³-hybridized carbons (Fsp3) is 0.385. The zero-order chi connectivity index (χ0) is 38.5. The first kappa shape index (κ1) is 38.1. The number of fused-ring (bicyclic) bond motifs is 2. The number of imide groups is 2. The molecule has 2 N–H and O–H groups in total. The number of benzene rings is 2.